The van der Waals surface area contributed by atoms with E-state index in [1.807, 2.05) is 0 Å². The van der Waals surface area contributed by atoms with Crippen LogP contribution in [-0.4, -0.2) is 5.11 Å². The summed E-state index contributed by atoms with van der Waals surface area (Å²) in [6.45, 7) is 19.7. The highest BCUT2D eigenvalue weighted by molar-refractivity contribution is 6.08. The Balaban J connectivity index is 2.00. The lowest BCUT2D eigenvalue weighted by molar-refractivity contribution is -0.538. The molecule has 0 bridgehead atoms. The molecule has 0 saturated carbocycles. The summed E-state index contributed by atoms with van der Waals surface area (Å²) in [5, 5.41) is 13.9. The van der Waals surface area contributed by atoms with Gasteiger partial charge in [0.25, 0.3) is 0 Å². The van der Waals surface area contributed by atoms with E-state index in [0.717, 1.165) is 27.8 Å². The third kappa shape index (κ3) is 4.26. The molecule has 5 rings (SSSR count). The number of phenols is 1. The molecule has 0 spiro atoms. The molecule has 0 aliphatic carbocycles. The van der Waals surface area contributed by atoms with Crippen LogP contribution in [0.1, 0.15) is 69.4 Å². The fourth-order valence-corrected chi connectivity index (χ4v) is 6.05. The van der Waals surface area contributed by atoms with Gasteiger partial charge in [0.1, 0.15) is 5.75 Å². The first-order valence-electron chi connectivity index (χ1n) is 13.6. The van der Waals surface area contributed by atoms with Gasteiger partial charge in [-0.15, -0.1) is 0 Å². The number of hydrogen-bond acceptors (Lipinski definition) is 1. The first kappa shape index (κ1) is 26.0. The highest BCUT2D eigenvalue weighted by Gasteiger charge is 2.31. The summed E-state index contributed by atoms with van der Waals surface area (Å²) in [7, 11) is 0. The lowest BCUT2D eigenvalue weighted by Gasteiger charge is -2.27. The Hall–Kier alpha value is -3.65. The first-order chi connectivity index (χ1) is 17.8. The van der Waals surface area contributed by atoms with Crippen LogP contribution in [0.5, 0.6) is 5.75 Å². The maximum Gasteiger partial charge on any atom is 0.219 e. The number of aryl methyl sites for hydroxylation is 3. The van der Waals surface area contributed by atoms with Crippen LogP contribution in [0, 0.1) is 20.8 Å². The Morgan fingerprint density at radius 3 is 1.42 bits per heavy atom. The fraction of sp³-hybridized carbons (Fsp3) is 0.306. The molecule has 0 amide bonds. The molecule has 1 N–H and O–H groups in total. The molecule has 0 fully saturated rings. The molecular formula is C36H40NO+. The molecule has 0 radical (unpaired) electrons. The van der Waals surface area contributed by atoms with Gasteiger partial charge in [0, 0.05) is 41.0 Å². The van der Waals surface area contributed by atoms with Gasteiger partial charge in [-0.3, -0.25) is 0 Å². The van der Waals surface area contributed by atoms with E-state index >= 15 is 0 Å². The van der Waals surface area contributed by atoms with Crippen molar-refractivity contribution in [3.8, 4) is 22.6 Å². The summed E-state index contributed by atoms with van der Waals surface area (Å²) in [6, 6.07) is 26.4. The van der Waals surface area contributed by atoms with Gasteiger partial charge < -0.3 is 5.11 Å². The third-order valence-electron chi connectivity index (χ3n) is 7.72. The number of phenolic OH excluding ortho intramolecular Hbond substituents is 1. The molecule has 194 valence electrons. The van der Waals surface area contributed by atoms with E-state index in [9.17, 15) is 5.11 Å². The van der Waals surface area contributed by atoms with Crippen molar-refractivity contribution in [2.75, 3.05) is 0 Å². The second-order valence-corrected chi connectivity index (χ2v) is 12.9. The highest BCUT2D eigenvalue weighted by atomic mass is 16.3. The smallest absolute Gasteiger partial charge is 0.219 e. The van der Waals surface area contributed by atoms with Crippen molar-refractivity contribution in [3.05, 3.63) is 101 Å². The molecule has 2 heteroatoms. The summed E-state index contributed by atoms with van der Waals surface area (Å²) < 4.78 is 2.39. The molecule has 0 atom stereocenters. The highest BCUT2D eigenvalue weighted by Crippen LogP contribution is 2.42. The zero-order valence-corrected chi connectivity index (χ0v) is 24.3. The Bertz CT molecular complexity index is 1600. The van der Waals surface area contributed by atoms with Crippen molar-refractivity contribution in [1.82, 2.24) is 0 Å². The van der Waals surface area contributed by atoms with Gasteiger partial charge in [-0.05, 0) is 60.4 Å². The van der Waals surface area contributed by atoms with E-state index < -0.39 is 0 Å². The van der Waals surface area contributed by atoms with Crippen LogP contribution in [0.4, 0.5) is 0 Å². The van der Waals surface area contributed by atoms with Crippen molar-refractivity contribution < 1.29 is 9.67 Å². The SMILES string of the molecule is Cc1cc(C)c(-c2c3ccccc3[n+](-c3cc(C(C)(C)C)c(O)c(C(C)(C)C)c3)c3ccccc23)c(C)c1. The minimum Gasteiger partial charge on any atom is -0.507 e. The lowest BCUT2D eigenvalue weighted by atomic mass is 9.79. The topological polar surface area (TPSA) is 24.1 Å². The van der Waals surface area contributed by atoms with E-state index in [4.69, 9.17) is 0 Å². The number of pyridine rings is 1. The van der Waals surface area contributed by atoms with Crippen molar-refractivity contribution in [2.24, 2.45) is 0 Å². The van der Waals surface area contributed by atoms with E-state index in [0.29, 0.717) is 5.75 Å². The minimum atomic E-state index is -0.206. The average molecular weight is 503 g/mol. The van der Waals surface area contributed by atoms with Crippen LogP contribution >= 0.6 is 0 Å². The Morgan fingerprint density at radius 2 is 1.00 bits per heavy atom. The monoisotopic (exact) mass is 502 g/mol. The predicted octanol–water partition coefficient (Wildman–Crippen LogP) is 9.16. The number of benzene rings is 4. The van der Waals surface area contributed by atoms with Gasteiger partial charge in [-0.2, -0.15) is 4.57 Å². The first-order valence-corrected chi connectivity index (χ1v) is 13.6. The molecule has 0 aliphatic rings. The van der Waals surface area contributed by atoms with Crippen LogP contribution < -0.4 is 4.57 Å². The summed E-state index contributed by atoms with van der Waals surface area (Å²) in [5.74, 6) is 0.408. The molecule has 0 aliphatic heterocycles. The summed E-state index contributed by atoms with van der Waals surface area (Å²) in [5.41, 5.74) is 11.4. The Kier molecular flexibility index (Phi) is 6.14. The lowest BCUT2D eigenvalue weighted by Crippen LogP contribution is -2.34. The molecule has 5 aromatic rings. The Morgan fingerprint density at radius 1 is 0.579 bits per heavy atom. The van der Waals surface area contributed by atoms with Crippen LogP contribution in [0.2, 0.25) is 0 Å². The van der Waals surface area contributed by atoms with Crippen LogP contribution in [0.15, 0.2) is 72.8 Å². The van der Waals surface area contributed by atoms with Crippen molar-refractivity contribution in [2.45, 2.75) is 73.1 Å². The van der Waals surface area contributed by atoms with Gasteiger partial charge in [-0.25, -0.2) is 0 Å². The van der Waals surface area contributed by atoms with Crippen LogP contribution in [-0.2, 0) is 10.8 Å². The number of fused-ring (bicyclic) bond motifs is 2. The number of aromatic nitrogens is 1. The summed E-state index contributed by atoms with van der Waals surface area (Å²) in [4.78, 5) is 0. The third-order valence-corrected chi connectivity index (χ3v) is 7.72. The van der Waals surface area contributed by atoms with E-state index in [-0.39, 0.29) is 10.8 Å². The van der Waals surface area contributed by atoms with Gasteiger partial charge in [-0.1, -0.05) is 83.5 Å². The van der Waals surface area contributed by atoms with Gasteiger partial charge in [0.15, 0.2) is 0 Å². The van der Waals surface area contributed by atoms with E-state index in [2.05, 4.69) is 140 Å². The van der Waals surface area contributed by atoms with Crippen LogP contribution in [0.3, 0.4) is 0 Å². The fourth-order valence-electron chi connectivity index (χ4n) is 6.05. The molecule has 2 nitrogen and oxygen atoms in total. The molecule has 0 saturated heterocycles. The van der Waals surface area contributed by atoms with Gasteiger partial charge >= 0.3 is 0 Å². The standard InChI is InChI=1S/C36H39NO/c1-22-18-23(2)32(24(3)19-22)33-26-14-10-12-16-30(26)37(31-17-13-11-15-27(31)33)25-20-28(35(4,5)6)34(38)29(21-25)36(7,8)9/h10-21H,1-9H3/p+1. The van der Waals surface area contributed by atoms with E-state index in [1.54, 1.807) is 0 Å². The second kappa shape index (κ2) is 8.98. The molecule has 0 unspecified atom stereocenters. The molecule has 4 aromatic carbocycles. The summed E-state index contributed by atoms with van der Waals surface area (Å²) >= 11 is 0. The molecule has 38 heavy (non-hydrogen) atoms. The second-order valence-electron chi connectivity index (χ2n) is 12.9. The van der Waals surface area contributed by atoms with Gasteiger partial charge in [0.05, 0.1) is 10.8 Å². The zero-order chi connectivity index (χ0) is 27.6. The van der Waals surface area contributed by atoms with Crippen molar-refractivity contribution in [1.29, 1.82) is 0 Å². The molecule has 1 heterocycles. The average Bonchev–Trinajstić information content (AvgIpc) is 2.82. The maximum atomic E-state index is 11.4. The number of nitrogens with zero attached hydrogens (tertiary/aromatic N) is 1. The van der Waals surface area contributed by atoms with Crippen molar-refractivity contribution in [3.63, 3.8) is 0 Å². The Labute approximate surface area is 227 Å². The number of aromatic hydroxyl groups is 1. The van der Waals surface area contributed by atoms with Crippen LogP contribution in [0.25, 0.3) is 38.6 Å². The largest absolute Gasteiger partial charge is 0.507 e. The zero-order valence-electron chi connectivity index (χ0n) is 24.3. The van der Waals surface area contributed by atoms with Crippen molar-refractivity contribution >= 4 is 21.8 Å². The predicted molar refractivity (Wildman–Crippen MR) is 162 cm³/mol. The molecular weight excluding hydrogens is 462 g/mol. The molecule has 1 aromatic heterocycles. The maximum absolute atomic E-state index is 11.4. The summed E-state index contributed by atoms with van der Waals surface area (Å²) in [6.07, 6.45) is 0. The quantitative estimate of drug-likeness (QED) is 0.189. The number of rotatable bonds is 2. The normalized spacial score (nSPS) is 12.4. The minimum absolute atomic E-state index is 0.206. The number of hydrogen-bond donors (Lipinski definition) is 1. The number of para-hydroxylation sites is 2. The van der Waals surface area contributed by atoms with Gasteiger partial charge in [0.2, 0.25) is 16.7 Å². The van der Waals surface area contributed by atoms with E-state index in [1.165, 1.54) is 38.6 Å².